The second-order valence-corrected chi connectivity index (χ2v) is 8.55. The number of benzene rings is 2. The number of fused-ring (bicyclic) bond motifs is 1. The van der Waals surface area contributed by atoms with Gasteiger partial charge in [0.25, 0.3) is 0 Å². The first-order valence-corrected chi connectivity index (χ1v) is 10.0. The SMILES string of the molecule is Cc1cc(F)ccc1S(=O)(=O)N1CC=C(c2c[nH]c3ccc(F)cc23)CC1. The molecular weight excluding hydrogens is 370 g/mol. The highest BCUT2D eigenvalue weighted by molar-refractivity contribution is 7.89. The number of nitrogens with zero attached hydrogens (tertiary/aromatic N) is 1. The zero-order valence-electron chi connectivity index (χ0n) is 14.7. The van der Waals surface area contributed by atoms with Gasteiger partial charge in [-0.2, -0.15) is 4.31 Å². The van der Waals surface area contributed by atoms with Crippen LogP contribution in [0.1, 0.15) is 17.5 Å². The number of nitrogens with one attached hydrogen (secondary N) is 1. The van der Waals surface area contributed by atoms with E-state index in [1.165, 1.54) is 28.6 Å². The molecule has 0 amide bonds. The van der Waals surface area contributed by atoms with Crippen LogP contribution in [-0.2, 0) is 10.0 Å². The highest BCUT2D eigenvalue weighted by atomic mass is 32.2. The monoisotopic (exact) mass is 388 g/mol. The van der Waals surface area contributed by atoms with Gasteiger partial charge in [0.1, 0.15) is 11.6 Å². The molecule has 0 radical (unpaired) electrons. The van der Waals surface area contributed by atoms with Gasteiger partial charge in [0.2, 0.25) is 10.0 Å². The molecule has 3 aromatic rings. The number of halogens is 2. The van der Waals surface area contributed by atoms with Gasteiger partial charge in [-0.25, -0.2) is 17.2 Å². The van der Waals surface area contributed by atoms with Crippen molar-refractivity contribution >= 4 is 26.5 Å². The van der Waals surface area contributed by atoms with Crippen LogP contribution in [0.4, 0.5) is 8.78 Å². The fraction of sp³-hybridized carbons (Fsp3) is 0.200. The van der Waals surface area contributed by atoms with Crippen LogP contribution in [0.5, 0.6) is 0 Å². The van der Waals surface area contributed by atoms with Crippen LogP contribution in [0.2, 0.25) is 0 Å². The summed E-state index contributed by atoms with van der Waals surface area (Å²) in [5.41, 5.74) is 3.09. The van der Waals surface area contributed by atoms with Crippen LogP contribution in [0, 0.1) is 18.6 Å². The molecule has 0 bridgehead atoms. The quantitative estimate of drug-likeness (QED) is 0.730. The van der Waals surface area contributed by atoms with Crippen molar-refractivity contribution in [3.8, 4) is 0 Å². The second kappa shape index (κ2) is 6.58. The van der Waals surface area contributed by atoms with Gasteiger partial charge < -0.3 is 4.98 Å². The summed E-state index contributed by atoms with van der Waals surface area (Å²) in [7, 11) is -3.70. The highest BCUT2D eigenvalue weighted by Crippen LogP contribution is 2.31. The maximum atomic E-state index is 13.6. The number of hydrogen-bond acceptors (Lipinski definition) is 2. The van der Waals surface area contributed by atoms with Gasteiger partial charge in [0.15, 0.2) is 0 Å². The van der Waals surface area contributed by atoms with Crippen LogP contribution in [-0.4, -0.2) is 30.8 Å². The minimum absolute atomic E-state index is 0.120. The van der Waals surface area contributed by atoms with Crippen LogP contribution >= 0.6 is 0 Å². The summed E-state index contributed by atoms with van der Waals surface area (Å²) in [6, 6.07) is 8.25. The molecule has 0 unspecified atom stereocenters. The van der Waals surface area contributed by atoms with E-state index in [0.29, 0.717) is 18.5 Å². The molecule has 1 aromatic heterocycles. The summed E-state index contributed by atoms with van der Waals surface area (Å²) in [6.07, 6.45) is 4.20. The van der Waals surface area contributed by atoms with Gasteiger partial charge in [-0.3, -0.25) is 0 Å². The molecule has 2 aromatic carbocycles. The predicted molar refractivity (Wildman–Crippen MR) is 101 cm³/mol. The van der Waals surface area contributed by atoms with Crippen LogP contribution in [0.25, 0.3) is 16.5 Å². The summed E-state index contributed by atoms with van der Waals surface area (Å²) in [6.45, 7) is 2.12. The third-order valence-corrected chi connectivity index (χ3v) is 6.94. The molecule has 4 rings (SSSR count). The van der Waals surface area contributed by atoms with Crippen molar-refractivity contribution in [3.05, 3.63) is 71.4 Å². The summed E-state index contributed by atoms with van der Waals surface area (Å²) in [4.78, 5) is 3.24. The first kappa shape index (κ1) is 17.9. The Balaban J connectivity index is 1.63. The normalized spacial score (nSPS) is 15.9. The Morgan fingerprint density at radius 1 is 1.07 bits per heavy atom. The molecule has 1 aliphatic rings. The molecular formula is C20H18F2N2O2S. The third kappa shape index (κ3) is 3.17. The number of aromatic amines is 1. The van der Waals surface area contributed by atoms with E-state index in [-0.39, 0.29) is 17.3 Å². The first-order chi connectivity index (χ1) is 12.9. The van der Waals surface area contributed by atoms with Crippen molar-refractivity contribution in [1.29, 1.82) is 0 Å². The zero-order chi connectivity index (χ0) is 19.2. The molecule has 140 valence electrons. The van der Waals surface area contributed by atoms with Crippen LogP contribution in [0.15, 0.2) is 53.6 Å². The largest absolute Gasteiger partial charge is 0.361 e. The van der Waals surface area contributed by atoms with Crippen molar-refractivity contribution in [2.45, 2.75) is 18.2 Å². The first-order valence-electron chi connectivity index (χ1n) is 8.58. The molecule has 0 saturated heterocycles. The molecule has 27 heavy (non-hydrogen) atoms. The Kier molecular flexibility index (Phi) is 4.36. The number of hydrogen-bond donors (Lipinski definition) is 1. The molecule has 1 N–H and O–H groups in total. The Morgan fingerprint density at radius 2 is 1.81 bits per heavy atom. The van der Waals surface area contributed by atoms with Crippen molar-refractivity contribution < 1.29 is 17.2 Å². The predicted octanol–water partition coefficient (Wildman–Crippen LogP) is 4.23. The topological polar surface area (TPSA) is 53.2 Å². The minimum Gasteiger partial charge on any atom is -0.361 e. The van der Waals surface area contributed by atoms with Gasteiger partial charge in [0, 0.05) is 35.8 Å². The maximum Gasteiger partial charge on any atom is 0.243 e. The van der Waals surface area contributed by atoms with Crippen molar-refractivity contribution in [2.24, 2.45) is 0 Å². The molecule has 7 heteroatoms. The third-order valence-electron chi connectivity index (χ3n) is 4.92. The fourth-order valence-electron chi connectivity index (χ4n) is 3.51. The van der Waals surface area contributed by atoms with Gasteiger partial charge in [-0.05, 0) is 60.9 Å². The van der Waals surface area contributed by atoms with Crippen molar-refractivity contribution in [3.63, 3.8) is 0 Å². The molecule has 0 saturated carbocycles. The molecule has 0 aliphatic carbocycles. The van der Waals surface area contributed by atoms with Gasteiger partial charge >= 0.3 is 0 Å². The second-order valence-electron chi connectivity index (χ2n) is 6.64. The van der Waals surface area contributed by atoms with Gasteiger partial charge in [-0.15, -0.1) is 0 Å². The summed E-state index contributed by atoms with van der Waals surface area (Å²) < 4.78 is 54.0. The average Bonchev–Trinajstić information content (AvgIpc) is 3.04. The van der Waals surface area contributed by atoms with E-state index in [0.717, 1.165) is 28.1 Å². The molecule has 2 heterocycles. The highest BCUT2D eigenvalue weighted by Gasteiger charge is 2.28. The van der Waals surface area contributed by atoms with Crippen molar-refractivity contribution in [1.82, 2.24) is 9.29 Å². The number of rotatable bonds is 3. The number of H-pyrrole nitrogens is 1. The van der Waals surface area contributed by atoms with Gasteiger partial charge in [0.05, 0.1) is 4.90 Å². The Morgan fingerprint density at radius 3 is 2.52 bits per heavy atom. The summed E-state index contributed by atoms with van der Waals surface area (Å²) >= 11 is 0. The summed E-state index contributed by atoms with van der Waals surface area (Å²) in [5, 5.41) is 0.784. The maximum absolute atomic E-state index is 13.6. The smallest absolute Gasteiger partial charge is 0.243 e. The van der Waals surface area contributed by atoms with E-state index >= 15 is 0 Å². The lowest BCUT2D eigenvalue weighted by Crippen LogP contribution is -2.35. The average molecular weight is 388 g/mol. The van der Waals surface area contributed by atoms with E-state index in [1.54, 1.807) is 13.0 Å². The standard InChI is InChI=1S/C20H18F2N2O2S/c1-13-10-15(21)3-5-20(13)27(25,26)24-8-6-14(7-9-24)18-12-23-19-4-2-16(22)11-17(18)19/h2-6,10-12,23H,7-9H2,1H3. The van der Waals surface area contributed by atoms with E-state index in [1.807, 2.05) is 12.3 Å². The fourth-order valence-corrected chi connectivity index (χ4v) is 5.10. The lowest BCUT2D eigenvalue weighted by Gasteiger charge is -2.26. The molecule has 0 fully saturated rings. The lowest BCUT2D eigenvalue weighted by atomic mass is 10.00. The number of sulfonamides is 1. The van der Waals surface area contributed by atoms with Crippen LogP contribution < -0.4 is 0 Å². The van der Waals surface area contributed by atoms with E-state index in [4.69, 9.17) is 0 Å². The van der Waals surface area contributed by atoms with E-state index < -0.39 is 15.8 Å². The van der Waals surface area contributed by atoms with E-state index in [9.17, 15) is 17.2 Å². The molecule has 4 nitrogen and oxygen atoms in total. The Hall–Kier alpha value is -2.51. The zero-order valence-corrected chi connectivity index (χ0v) is 15.5. The van der Waals surface area contributed by atoms with Gasteiger partial charge in [-0.1, -0.05) is 6.08 Å². The Bertz CT molecular complexity index is 1170. The number of aromatic nitrogens is 1. The number of aryl methyl sites for hydroxylation is 1. The minimum atomic E-state index is -3.70. The van der Waals surface area contributed by atoms with E-state index in [2.05, 4.69) is 4.98 Å². The van der Waals surface area contributed by atoms with Crippen LogP contribution in [0.3, 0.4) is 0 Å². The lowest BCUT2D eigenvalue weighted by molar-refractivity contribution is 0.440. The molecule has 1 aliphatic heterocycles. The summed E-state index contributed by atoms with van der Waals surface area (Å²) in [5.74, 6) is -0.769. The molecule has 0 spiro atoms. The van der Waals surface area contributed by atoms with Crippen molar-refractivity contribution in [2.75, 3.05) is 13.1 Å². The molecule has 0 atom stereocenters. The Labute approximate surface area is 156 Å².